The maximum Gasteiger partial charge on any atom is 0.328 e. The van der Waals surface area contributed by atoms with Crippen molar-refractivity contribution in [2.75, 3.05) is 7.11 Å². The molecule has 0 amide bonds. The molecule has 5 aliphatic rings. The first-order chi connectivity index (χ1) is 18.8. The Labute approximate surface area is 231 Å². The van der Waals surface area contributed by atoms with Crippen LogP contribution in [0.1, 0.15) is 55.7 Å². The molecule has 1 unspecified atom stereocenters. The number of carboxylic acids is 1. The second-order valence-electron chi connectivity index (χ2n) is 11.1. The Bertz CT molecular complexity index is 1290. The normalized spacial score (nSPS) is 32.4. The minimum absolute atomic E-state index is 0.147. The van der Waals surface area contributed by atoms with E-state index in [1.165, 1.54) is 19.4 Å². The number of ether oxygens (including phenoxy) is 3. The van der Waals surface area contributed by atoms with Gasteiger partial charge in [0.1, 0.15) is 18.1 Å². The lowest BCUT2D eigenvalue weighted by Gasteiger charge is -2.68. The molecule has 2 aromatic rings. The molecule has 1 heterocycles. The van der Waals surface area contributed by atoms with E-state index in [2.05, 4.69) is 0 Å². The number of carboxylic acid groups (broad SMARTS) is 1. The first-order valence-corrected chi connectivity index (χ1v) is 13.7. The summed E-state index contributed by atoms with van der Waals surface area (Å²) in [5.74, 6) is 0.149. The lowest BCUT2D eigenvalue weighted by molar-refractivity contribution is -0.645. The minimum Gasteiger partial charge on any atom is -0.487 e. The van der Waals surface area contributed by atoms with Crippen molar-refractivity contribution < 1.29 is 38.7 Å². The van der Waals surface area contributed by atoms with Gasteiger partial charge in [0, 0.05) is 31.2 Å². The fraction of sp³-hybridized carbons (Fsp3) is 0.467. The second kappa shape index (κ2) is 9.93. The molecule has 4 bridgehead atoms. The maximum absolute atomic E-state index is 11.3. The summed E-state index contributed by atoms with van der Waals surface area (Å²) in [6.07, 6.45) is 8.15. The molecule has 4 aliphatic carbocycles. The van der Waals surface area contributed by atoms with E-state index in [1.807, 2.05) is 6.07 Å². The fourth-order valence-corrected chi connectivity index (χ4v) is 7.92. The summed E-state index contributed by atoms with van der Waals surface area (Å²) < 4.78 is 17.5. The SMILES string of the molecule is COC1(c2ccc(/C=C/C(=O)O)c(OCc3ccc(OC(C)=O)cc3)c2Cl)OOC12C1CC3CC(C1)CC2C3. The van der Waals surface area contributed by atoms with Crippen molar-refractivity contribution in [2.45, 2.75) is 57.0 Å². The van der Waals surface area contributed by atoms with Gasteiger partial charge in [-0.1, -0.05) is 35.9 Å². The highest BCUT2D eigenvalue weighted by molar-refractivity contribution is 6.33. The monoisotopic (exact) mass is 554 g/mol. The Hall–Kier alpha value is -2.91. The minimum atomic E-state index is -1.19. The summed E-state index contributed by atoms with van der Waals surface area (Å²) in [4.78, 5) is 34.5. The molecule has 2 aromatic carbocycles. The van der Waals surface area contributed by atoms with Gasteiger partial charge in [-0.3, -0.25) is 4.79 Å². The predicted octanol–water partition coefficient (Wildman–Crippen LogP) is 5.90. The molecule has 7 rings (SSSR count). The molecular formula is C30H31ClO8. The van der Waals surface area contributed by atoms with Crippen molar-refractivity contribution in [2.24, 2.45) is 23.7 Å². The Kier molecular flexibility index (Phi) is 6.70. The number of rotatable bonds is 8. The van der Waals surface area contributed by atoms with Crippen LogP contribution in [0, 0.1) is 23.7 Å². The van der Waals surface area contributed by atoms with Gasteiger partial charge in [-0.05, 0) is 79.5 Å². The molecule has 5 fully saturated rings. The molecule has 9 heteroatoms. The van der Waals surface area contributed by atoms with Crippen molar-refractivity contribution in [1.29, 1.82) is 0 Å². The molecule has 1 N–H and O–H groups in total. The Morgan fingerprint density at radius 1 is 1.03 bits per heavy atom. The molecule has 0 aromatic heterocycles. The van der Waals surface area contributed by atoms with Gasteiger partial charge < -0.3 is 19.3 Å². The third-order valence-corrected chi connectivity index (χ3v) is 9.28. The van der Waals surface area contributed by atoms with Crippen LogP contribution < -0.4 is 9.47 Å². The summed E-state index contributed by atoms with van der Waals surface area (Å²) in [7, 11) is 1.62. The van der Waals surface area contributed by atoms with Crippen LogP contribution in [0.15, 0.2) is 42.5 Å². The smallest absolute Gasteiger partial charge is 0.328 e. The van der Waals surface area contributed by atoms with Crippen LogP contribution in [0.25, 0.3) is 6.08 Å². The number of carbonyl (C=O) groups is 2. The number of aliphatic carboxylic acids is 1. The molecule has 1 spiro atoms. The Morgan fingerprint density at radius 2 is 1.69 bits per heavy atom. The van der Waals surface area contributed by atoms with Gasteiger partial charge in [0.25, 0.3) is 5.79 Å². The average molecular weight is 555 g/mol. The topological polar surface area (TPSA) is 101 Å². The average Bonchev–Trinajstić information content (AvgIpc) is 2.88. The first-order valence-electron chi connectivity index (χ1n) is 13.3. The zero-order chi connectivity index (χ0) is 27.4. The van der Waals surface area contributed by atoms with Crippen LogP contribution in [0.3, 0.4) is 0 Å². The third-order valence-electron chi connectivity index (χ3n) is 8.91. The van der Waals surface area contributed by atoms with Crippen LogP contribution >= 0.6 is 11.6 Å². The maximum atomic E-state index is 11.3. The van der Waals surface area contributed by atoms with Crippen LogP contribution in [0.4, 0.5) is 0 Å². The second-order valence-corrected chi connectivity index (χ2v) is 11.5. The Balaban J connectivity index is 1.35. The number of esters is 1. The molecule has 1 aliphatic heterocycles. The molecule has 1 saturated heterocycles. The van der Waals surface area contributed by atoms with Crippen LogP contribution in [-0.2, 0) is 36.5 Å². The lowest BCUT2D eigenvalue weighted by Crippen LogP contribution is -2.76. The van der Waals surface area contributed by atoms with Crippen LogP contribution in [0.2, 0.25) is 5.02 Å². The van der Waals surface area contributed by atoms with E-state index < -0.39 is 23.3 Å². The largest absolute Gasteiger partial charge is 0.487 e. The standard InChI is InChI=1S/C30H31ClO8/c1-17(32)37-24-7-3-18(4-8-24)16-36-28-21(6-10-26(33)34)5-9-25(27(28)31)30(35-2)29(38-39-30)22-12-19-11-20(14-22)15-23(29)13-19/h3-10,19-20,22-23H,11-16H2,1-2H3,(H,33,34)/b10-6+. The van der Waals surface area contributed by atoms with E-state index in [1.54, 1.807) is 37.4 Å². The summed E-state index contributed by atoms with van der Waals surface area (Å²) in [5.41, 5.74) is 1.30. The molecule has 8 nitrogen and oxygen atoms in total. The first kappa shape index (κ1) is 26.3. The summed E-state index contributed by atoms with van der Waals surface area (Å²) in [6, 6.07) is 10.5. The van der Waals surface area contributed by atoms with Gasteiger partial charge in [-0.15, -0.1) is 0 Å². The van der Waals surface area contributed by atoms with Crippen molar-refractivity contribution in [3.63, 3.8) is 0 Å². The number of hydrogen-bond acceptors (Lipinski definition) is 7. The number of halogens is 1. The van der Waals surface area contributed by atoms with Gasteiger partial charge >= 0.3 is 11.9 Å². The molecule has 4 saturated carbocycles. The Morgan fingerprint density at radius 3 is 2.23 bits per heavy atom. The van der Waals surface area contributed by atoms with E-state index in [9.17, 15) is 14.7 Å². The van der Waals surface area contributed by atoms with E-state index in [4.69, 9.17) is 35.6 Å². The van der Waals surface area contributed by atoms with Crippen molar-refractivity contribution in [1.82, 2.24) is 0 Å². The van der Waals surface area contributed by atoms with Crippen LogP contribution in [-0.4, -0.2) is 29.8 Å². The van der Waals surface area contributed by atoms with E-state index in [-0.39, 0.29) is 11.6 Å². The lowest BCUT2D eigenvalue weighted by atomic mass is 9.47. The zero-order valence-corrected chi connectivity index (χ0v) is 22.6. The molecule has 1 atom stereocenters. The quantitative estimate of drug-likeness (QED) is 0.186. The highest BCUT2D eigenvalue weighted by Gasteiger charge is 2.77. The van der Waals surface area contributed by atoms with Crippen molar-refractivity contribution in [3.05, 3.63) is 64.2 Å². The van der Waals surface area contributed by atoms with E-state index in [0.717, 1.165) is 49.2 Å². The van der Waals surface area contributed by atoms with Gasteiger partial charge in [-0.2, -0.15) is 4.89 Å². The molecule has 0 radical (unpaired) electrons. The highest BCUT2D eigenvalue weighted by atomic mass is 35.5. The van der Waals surface area contributed by atoms with Crippen molar-refractivity contribution in [3.8, 4) is 11.5 Å². The molecular weight excluding hydrogens is 524 g/mol. The number of methoxy groups -OCH3 is 1. The highest BCUT2D eigenvalue weighted by Crippen LogP contribution is 2.70. The van der Waals surface area contributed by atoms with E-state index >= 15 is 0 Å². The summed E-state index contributed by atoms with van der Waals surface area (Å²) in [5, 5.41) is 9.52. The summed E-state index contributed by atoms with van der Waals surface area (Å²) in [6.45, 7) is 1.49. The summed E-state index contributed by atoms with van der Waals surface area (Å²) >= 11 is 7.07. The molecule has 206 valence electrons. The predicted molar refractivity (Wildman–Crippen MR) is 141 cm³/mol. The van der Waals surface area contributed by atoms with Gasteiger partial charge in [0.05, 0.1) is 5.02 Å². The zero-order valence-electron chi connectivity index (χ0n) is 21.9. The number of benzene rings is 2. The number of carbonyl (C=O) groups excluding carboxylic acids is 1. The van der Waals surface area contributed by atoms with Gasteiger partial charge in [0.15, 0.2) is 5.60 Å². The third kappa shape index (κ3) is 4.25. The van der Waals surface area contributed by atoms with Gasteiger partial charge in [0.2, 0.25) is 0 Å². The van der Waals surface area contributed by atoms with E-state index in [0.29, 0.717) is 34.5 Å². The van der Waals surface area contributed by atoms with Crippen molar-refractivity contribution >= 4 is 29.6 Å². The van der Waals surface area contributed by atoms with Gasteiger partial charge in [-0.25, -0.2) is 9.68 Å². The molecule has 39 heavy (non-hydrogen) atoms. The van der Waals surface area contributed by atoms with Crippen LogP contribution in [0.5, 0.6) is 11.5 Å². The fourth-order valence-electron chi connectivity index (χ4n) is 7.57. The number of hydrogen-bond donors (Lipinski definition) is 1.